The lowest BCUT2D eigenvalue weighted by Gasteiger charge is -2.26. The minimum atomic E-state index is -1.26. The Morgan fingerprint density at radius 2 is 1.69 bits per heavy atom. The van der Waals surface area contributed by atoms with Crippen LogP contribution >= 0.6 is 11.6 Å². The molecule has 0 radical (unpaired) electrons. The number of hydrogen-bond donors (Lipinski definition) is 1. The molecule has 0 atom stereocenters. The molecule has 1 saturated heterocycles. The molecule has 36 heavy (non-hydrogen) atoms. The number of amides is 4. The average Bonchev–Trinajstić information content (AvgIpc) is 2.86. The molecule has 4 rings (SSSR count). The highest BCUT2D eigenvalue weighted by atomic mass is 35.5. The second-order valence-corrected chi connectivity index (χ2v) is 8.05. The van der Waals surface area contributed by atoms with Crippen molar-refractivity contribution in [3.05, 3.63) is 94.0 Å². The number of hydrogen-bond acceptors (Lipinski definition) is 7. The number of anilines is 1. The van der Waals surface area contributed by atoms with E-state index in [2.05, 4.69) is 5.32 Å². The molecule has 182 valence electrons. The Bertz CT molecular complexity index is 1380. The van der Waals surface area contributed by atoms with Crippen molar-refractivity contribution in [3.63, 3.8) is 0 Å². The van der Waals surface area contributed by atoms with E-state index in [1.165, 1.54) is 49.6 Å². The van der Waals surface area contributed by atoms with Crippen molar-refractivity contribution < 1.29 is 33.8 Å². The molecule has 9 nitrogen and oxygen atoms in total. The molecule has 0 saturated carbocycles. The van der Waals surface area contributed by atoms with Crippen LogP contribution in [0, 0.1) is 0 Å². The molecule has 4 amide bonds. The fourth-order valence-electron chi connectivity index (χ4n) is 3.44. The number of carboxylic acids is 1. The summed E-state index contributed by atoms with van der Waals surface area (Å²) >= 11 is 5.88. The molecule has 0 aliphatic carbocycles. The first-order valence-corrected chi connectivity index (χ1v) is 10.9. The lowest BCUT2D eigenvalue weighted by Crippen LogP contribution is -2.54. The van der Waals surface area contributed by atoms with Gasteiger partial charge in [-0.3, -0.25) is 14.9 Å². The van der Waals surface area contributed by atoms with Gasteiger partial charge in [0.1, 0.15) is 12.2 Å². The van der Waals surface area contributed by atoms with E-state index in [0.717, 1.165) is 10.5 Å². The number of imide groups is 2. The van der Waals surface area contributed by atoms with Crippen LogP contribution in [0.5, 0.6) is 11.5 Å². The lowest BCUT2D eigenvalue weighted by atomic mass is 10.1. The van der Waals surface area contributed by atoms with Gasteiger partial charge in [-0.15, -0.1) is 0 Å². The number of ether oxygens (including phenoxy) is 2. The van der Waals surface area contributed by atoms with Crippen LogP contribution in [0.1, 0.15) is 21.5 Å². The summed E-state index contributed by atoms with van der Waals surface area (Å²) in [7, 11) is 1.44. The topological polar surface area (TPSA) is 125 Å². The zero-order chi connectivity index (χ0) is 25.8. The van der Waals surface area contributed by atoms with Crippen molar-refractivity contribution in [2.45, 2.75) is 6.61 Å². The van der Waals surface area contributed by atoms with E-state index >= 15 is 0 Å². The van der Waals surface area contributed by atoms with Gasteiger partial charge in [0.2, 0.25) is 0 Å². The normalized spacial score (nSPS) is 14.6. The zero-order valence-electron chi connectivity index (χ0n) is 18.8. The van der Waals surface area contributed by atoms with Crippen molar-refractivity contribution in [1.29, 1.82) is 0 Å². The number of nitrogens with zero attached hydrogens (tertiary/aromatic N) is 1. The SMILES string of the molecule is COc1cc(/C=C2\C(=O)NC(=O)N(c3ccc(Cl)cc3)C2=O)ccc1OCc1ccc(C(=O)[O-])cc1. The number of nitrogens with one attached hydrogen (secondary N) is 1. The molecule has 1 aliphatic rings. The molecule has 0 unspecified atom stereocenters. The second-order valence-electron chi connectivity index (χ2n) is 7.62. The summed E-state index contributed by atoms with van der Waals surface area (Å²) in [5.74, 6) is -2.15. The second kappa shape index (κ2) is 10.3. The molecule has 0 spiro atoms. The van der Waals surface area contributed by atoms with Crippen LogP contribution in [0.4, 0.5) is 10.5 Å². The van der Waals surface area contributed by atoms with Crippen molar-refractivity contribution in [2.75, 3.05) is 12.0 Å². The van der Waals surface area contributed by atoms with Crippen molar-refractivity contribution in [3.8, 4) is 11.5 Å². The number of barbiturate groups is 1. The molecule has 10 heteroatoms. The summed E-state index contributed by atoms with van der Waals surface area (Å²) in [6.07, 6.45) is 1.35. The lowest BCUT2D eigenvalue weighted by molar-refractivity contribution is -0.255. The minimum absolute atomic E-state index is 0.0614. The summed E-state index contributed by atoms with van der Waals surface area (Å²) in [6, 6.07) is 16.0. The van der Waals surface area contributed by atoms with Gasteiger partial charge in [0.05, 0.1) is 18.8 Å². The largest absolute Gasteiger partial charge is 0.545 e. The van der Waals surface area contributed by atoms with Gasteiger partial charge >= 0.3 is 6.03 Å². The predicted molar refractivity (Wildman–Crippen MR) is 129 cm³/mol. The van der Waals surface area contributed by atoms with Gasteiger partial charge in [0, 0.05) is 5.02 Å². The summed E-state index contributed by atoms with van der Waals surface area (Å²) in [4.78, 5) is 49.5. The number of benzene rings is 3. The number of carbonyl (C=O) groups excluding carboxylic acids is 4. The van der Waals surface area contributed by atoms with Crippen LogP contribution in [0.2, 0.25) is 5.02 Å². The third kappa shape index (κ3) is 5.21. The molecule has 3 aromatic rings. The van der Waals surface area contributed by atoms with Crippen LogP contribution in [0.15, 0.2) is 72.3 Å². The van der Waals surface area contributed by atoms with E-state index in [1.54, 1.807) is 30.3 Å². The fraction of sp³-hybridized carbons (Fsp3) is 0.0769. The Morgan fingerprint density at radius 1 is 1.00 bits per heavy atom. The molecule has 1 heterocycles. The molecule has 1 fully saturated rings. The first-order chi connectivity index (χ1) is 17.3. The van der Waals surface area contributed by atoms with Crippen LogP contribution in [-0.4, -0.2) is 30.9 Å². The number of carboxylic acid groups (broad SMARTS) is 1. The van der Waals surface area contributed by atoms with Crippen molar-refractivity contribution in [2.24, 2.45) is 0 Å². The van der Waals surface area contributed by atoms with Gasteiger partial charge < -0.3 is 19.4 Å². The van der Waals surface area contributed by atoms with Crippen molar-refractivity contribution >= 4 is 47.2 Å². The van der Waals surface area contributed by atoms with Gasteiger partial charge in [0.15, 0.2) is 11.5 Å². The number of rotatable bonds is 7. The molecule has 1 N–H and O–H groups in total. The van der Waals surface area contributed by atoms with E-state index in [0.29, 0.717) is 22.1 Å². The quantitative estimate of drug-likeness (QED) is 0.386. The highest BCUT2D eigenvalue weighted by molar-refractivity contribution is 6.39. The third-order valence-electron chi connectivity index (χ3n) is 5.27. The Balaban J connectivity index is 1.55. The van der Waals surface area contributed by atoms with Crippen LogP contribution in [0.25, 0.3) is 6.08 Å². The Hall–Kier alpha value is -4.63. The van der Waals surface area contributed by atoms with E-state index in [1.807, 2.05) is 0 Å². The minimum Gasteiger partial charge on any atom is -0.545 e. The van der Waals surface area contributed by atoms with Gasteiger partial charge in [-0.25, -0.2) is 9.69 Å². The Labute approximate surface area is 210 Å². The molecular weight excluding hydrogens is 488 g/mol. The first-order valence-electron chi connectivity index (χ1n) is 10.5. The highest BCUT2D eigenvalue weighted by Gasteiger charge is 2.36. The number of aromatic carboxylic acids is 1. The van der Waals surface area contributed by atoms with Crippen molar-refractivity contribution in [1.82, 2.24) is 5.32 Å². The Kier molecular flexibility index (Phi) is 7.03. The molecule has 3 aromatic carbocycles. The number of urea groups is 1. The maximum atomic E-state index is 13.0. The number of halogens is 1. The fourth-order valence-corrected chi connectivity index (χ4v) is 3.57. The van der Waals surface area contributed by atoms with Gasteiger partial charge in [-0.2, -0.15) is 0 Å². The number of methoxy groups -OCH3 is 1. The van der Waals surface area contributed by atoms with E-state index in [4.69, 9.17) is 21.1 Å². The summed E-state index contributed by atoms with van der Waals surface area (Å²) in [5.41, 5.74) is 1.26. The van der Waals surface area contributed by atoms with Gasteiger partial charge in [-0.1, -0.05) is 41.9 Å². The molecule has 0 bridgehead atoms. The average molecular weight is 506 g/mol. The Morgan fingerprint density at radius 3 is 2.33 bits per heavy atom. The highest BCUT2D eigenvalue weighted by Crippen LogP contribution is 2.30. The molecule has 0 aromatic heterocycles. The molecule has 1 aliphatic heterocycles. The van der Waals surface area contributed by atoms with E-state index < -0.39 is 23.8 Å². The summed E-state index contributed by atoms with van der Waals surface area (Å²) in [6.45, 7) is 0.142. The van der Waals surface area contributed by atoms with Crippen LogP contribution < -0.4 is 24.8 Å². The maximum Gasteiger partial charge on any atom is 0.335 e. The van der Waals surface area contributed by atoms with Crippen LogP contribution in [-0.2, 0) is 16.2 Å². The van der Waals surface area contributed by atoms with E-state index in [9.17, 15) is 24.3 Å². The maximum absolute atomic E-state index is 13.0. The van der Waals surface area contributed by atoms with E-state index in [-0.39, 0.29) is 23.4 Å². The smallest absolute Gasteiger partial charge is 0.335 e. The van der Waals surface area contributed by atoms with Gasteiger partial charge in [-0.05, 0) is 59.2 Å². The number of carbonyl (C=O) groups is 4. The predicted octanol–water partition coefficient (Wildman–Crippen LogP) is 2.96. The standard InChI is InChI=1S/C26H19ClN2O7/c1-35-22-13-16(4-11-21(22)36-14-15-2-5-17(6-3-15)25(32)33)12-20-23(30)28-26(34)29(24(20)31)19-9-7-18(27)8-10-19/h2-13H,14H2,1H3,(H,32,33)(H,28,30,34)/p-1/b20-12+. The van der Waals surface area contributed by atoms with Gasteiger partial charge in [0.25, 0.3) is 11.8 Å². The summed E-state index contributed by atoms with van der Waals surface area (Å²) in [5, 5.41) is 13.5. The first kappa shape index (κ1) is 24.5. The third-order valence-corrected chi connectivity index (χ3v) is 5.52. The monoisotopic (exact) mass is 505 g/mol. The zero-order valence-corrected chi connectivity index (χ0v) is 19.6. The molecular formula is C26H18ClN2O7-. The summed E-state index contributed by atoms with van der Waals surface area (Å²) < 4.78 is 11.2. The van der Waals surface area contributed by atoms with Crippen LogP contribution in [0.3, 0.4) is 0 Å².